The van der Waals surface area contributed by atoms with Crippen LogP contribution < -0.4 is 25.4 Å². The molecular formula is C43H57N7O10S2. The van der Waals surface area contributed by atoms with E-state index in [-0.39, 0.29) is 50.1 Å². The molecule has 7 rings (SSSR count). The first-order chi connectivity index (χ1) is 29.6. The molecule has 4 N–H and O–H groups in total. The quantitative estimate of drug-likeness (QED) is 0.173. The number of carboxylic acid groups (broad SMARTS) is 1. The monoisotopic (exact) mass is 895 g/mol. The number of hydrogen-bond acceptors (Lipinski definition) is 13. The van der Waals surface area contributed by atoms with Gasteiger partial charge < -0.3 is 40.2 Å². The largest absolute Gasteiger partial charge is 0.497 e. The number of rotatable bonds is 12. The smallest absolute Gasteiger partial charge is 0.408 e. The van der Waals surface area contributed by atoms with Crippen LogP contribution in [0.3, 0.4) is 0 Å². The van der Waals surface area contributed by atoms with Gasteiger partial charge in [0.2, 0.25) is 21.8 Å². The summed E-state index contributed by atoms with van der Waals surface area (Å²) in [5, 5.41) is 22.5. The van der Waals surface area contributed by atoms with Gasteiger partial charge in [-0.1, -0.05) is 38.8 Å². The first-order valence-electron chi connectivity index (χ1n) is 21.4. The molecule has 5 heterocycles. The molecule has 1 aromatic carbocycles. The summed E-state index contributed by atoms with van der Waals surface area (Å²) in [6.07, 6.45) is 5.12. The van der Waals surface area contributed by atoms with Gasteiger partial charge >= 0.3 is 12.1 Å². The Balaban J connectivity index is 1.19. The summed E-state index contributed by atoms with van der Waals surface area (Å²) in [6.45, 7) is 7.99. The molecule has 3 fully saturated rings. The van der Waals surface area contributed by atoms with Crippen molar-refractivity contribution in [1.82, 2.24) is 29.8 Å². The van der Waals surface area contributed by atoms with Crippen LogP contribution in [0.4, 0.5) is 9.93 Å². The van der Waals surface area contributed by atoms with Crippen LogP contribution >= 0.6 is 11.3 Å². The van der Waals surface area contributed by atoms with Crippen LogP contribution in [0.1, 0.15) is 79.1 Å². The summed E-state index contributed by atoms with van der Waals surface area (Å²) in [6, 6.07) is 5.10. The molecular weight excluding hydrogens is 839 g/mol. The topological polar surface area (TPSA) is 219 Å². The fourth-order valence-electron chi connectivity index (χ4n) is 8.36. The molecule has 1 aliphatic carbocycles. The number of carbonyl (C=O) groups excluding carboxylic acids is 3. The summed E-state index contributed by atoms with van der Waals surface area (Å²) >= 11 is 1.45. The maximum Gasteiger partial charge on any atom is 0.408 e. The second-order valence-corrected chi connectivity index (χ2v) is 20.2. The average molecular weight is 896 g/mol. The Kier molecular flexibility index (Phi) is 13.6. The van der Waals surface area contributed by atoms with E-state index in [9.17, 15) is 32.7 Å². The minimum absolute atomic E-state index is 0.00405. The van der Waals surface area contributed by atoms with Crippen molar-refractivity contribution in [3.05, 3.63) is 41.8 Å². The molecule has 1 saturated carbocycles. The molecule has 19 heteroatoms. The summed E-state index contributed by atoms with van der Waals surface area (Å²) in [7, 11) is -1.89. The third-order valence-corrected chi connectivity index (χ3v) is 14.6. The number of carboxylic acids is 1. The SMILES string of the molecule is COc1ccc2c(O[C@@H]3C[C@H]4C(=O)N[C@]5(C(=O)O)CC5C=CCCCCC[C@H](NC(=O)O[C@H](CN5CCCS5(=O)=O)C(C)C)C(=O)N4C3)cc(-c3csc(NC(C)C)n3)nc2c1. The van der Waals surface area contributed by atoms with E-state index >= 15 is 0 Å². The lowest BCUT2D eigenvalue weighted by atomic mass is 10.0. The van der Waals surface area contributed by atoms with Gasteiger partial charge in [-0.05, 0) is 64.0 Å². The van der Waals surface area contributed by atoms with Crippen molar-refractivity contribution in [2.75, 3.05) is 37.8 Å². The number of alkyl carbamates (subject to hydrolysis) is 1. The van der Waals surface area contributed by atoms with Crippen molar-refractivity contribution in [3.63, 3.8) is 0 Å². The molecule has 2 aromatic heterocycles. The number of nitrogens with one attached hydrogen (secondary N) is 3. The Morgan fingerprint density at radius 1 is 1.08 bits per heavy atom. The van der Waals surface area contributed by atoms with Crippen LogP contribution in [0.2, 0.25) is 0 Å². The van der Waals surface area contributed by atoms with Gasteiger partial charge in [0.05, 0.1) is 37.2 Å². The Morgan fingerprint density at radius 2 is 1.89 bits per heavy atom. The van der Waals surface area contributed by atoms with Crippen molar-refractivity contribution < 1.29 is 46.9 Å². The molecule has 0 spiro atoms. The summed E-state index contributed by atoms with van der Waals surface area (Å²) < 4.78 is 44.6. The Hall–Kier alpha value is -5.01. The van der Waals surface area contributed by atoms with Crippen molar-refractivity contribution >= 4 is 61.3 Å². The predicted molar refractivity (Wildman–Crippen MR) is 234 cm³/mol. The van der Waals surface area contributed by atoms with E-state index in [1.807, 2.05) is 51.3 Å². The number of sulfonamides is 1. The highest BCUT2D eigenvalue weighted by Gasteiger charge is 2.61. The van der Waals surface area contributed by atoms with Crippen molar-refractivity contribution in [2.24, 2.45) is 11.8 Å². The maximum absolute atomic E-state index is 14.8. The van der Waals surface area contributed by atoms with E-state index in [0.717, 1.165) is 18.0 Å². The number of hydrogen-bond donors (Lipinski definition) is 4. The second-order valence-electron chi connectivity index (χ2n) is 17.3. The molecule has 3 aromatic rings. The van der Waals surface area contributed by atoms with Crippen molar-refractivity contribution in [3.8, 4) is 22.9 Å². The third-order valence-electron chi connectivity index (χ3n) is 12.0. The van der Waals surface area contributed by atoms with Crippen LogP contribution in [-0.2, 0) is 29.1 Å². The number of anilines is 1. The zero-order valence-corrected chi connectivity index (χ0v) is 37.4. The molecule has 3 aliphatic heterocycles. The second kappa shape index (κ2) is 18.8. The van der Waals surface area contributed by atoms with Gasteiger partial charge in [-0.25, -0.2) is 28.0 Å². The van der Waals surface area contributed by atoms with E-state index in [4.69, 9.17) is 24.2 Å². The highest BCUT2D eigenvalue weighted by atomic mass is 32.2. The molecule has 0 bridgehead atoms. The van der Waals surface area contributed by atoms with Gasteiger partial charge in [-0.2, -0.15) is 4.31 Å². The average Bonchev–Trinajstić information content (AvgIpc) is 3.50. The van der Waals surface area contributed by atoms with Crippen molar-refractivity contribution in [1.29, 1.82) is 0 Å². The number of allylic oxidation sites excluding steroid dienone is 1. The Bertz CT molecular complexity index is 2300. The predicted octanol–water partition coefficient (Wildman–Crippen LogP) is 5.17. The molecule has 2 saturated heterocycles. The van der Waals surface area contributed by atoms with E-state index < -0.39 is 69.6 Å². The van der Waals surface area contributed by atoms with Gasteiger partial charge in [0.15, 0.2) is 5.13 Å². The lowest BCUT2D eigenvalue weighted by Gasteiger charge is -2.30. The highest BCUT2D eigenvalue weighted by molar-refractivity contribution is 7.89. The van der Waals surface area contributed by atoms with E-state index in [1.54, 1.807) is 25.3 Å². The van der Waals surface area contributed by atoms with Crippen LogP contribution in [0.25, 0.3) is 22.3 Å². The standard InChI is InChI=1S/C43H57N7O10S2/c1-25(2)37(23-49-16-11-17-62(49,56)57)60-42(55)47-31-13-10-8-6-7-9-12-27-21-43(27,40(53)54)48-38(51)35-19-29(22-50(35)39(31)52)59-36-20-33(34-24-61-41(46-34)44-26(3)4)45-32-18-28(58-5)14-15-30(32)36/h9,12,14-15,18,20,24-27,29,31,35,37H,6-8,10-11,13,16-17,19,21-23H2,1-5H3,(H,44,46)(H,47,55)(H,48,51)(H,53,54)/t27?,29-,31+,35+,37-,43-/m1/s1. The fraction of sp³-hybridized carbons (Fsp3) is 0.581. The molecule has 17 nitrogen and oxygen atoms in total. The molecule has 336 valence electrons. The Labute approximate surface area is 366 Å². The zero-order chi connectivity index (χ0) is 44.3. The number of carbonyl (C=O) groups is 4. The number of ether oxygens (including phenoxy) is 3. The number of thiazole rings is 1. The van der Waals surface area contributed by atoms with E-state index in [0.29, 0.717) is 59.6 Å². The summed E-state index contributed by atoms with van der Waals surface area (Å²) in [4.78, 5) is 66.5. The summed E-state index contributed by atoms with van der Waals surface area (Å²) in [5.74, 6) is -1.91. The fourth-order valence-corrected chi connectivity index (χ4v) is 10.7. The lowest BCUT2D eigenvalue weighted by Crippen LogP contribution is -2.56. The number of fused-ring (bicyclic) bond motifs is 3. The third kappa shape index (κ3) is 10.1. The number of aromatic nitrogens is 2. The van der Waals surface area contributed by atoms with Gasteiger partial charge in [0, 0.05) is 47.8 Å². The summed E-state index contributed by atoms with van der Waals surface area (Å²) in [5.41, 5.74) is 0.224. The van der Waals surface area contributed by atoms with Crippen LogP contribution in [-0.4, -0.2) is 125 Å². The molecule has 0 radical (unpaired) electrons. The molecule has 6 atom stereocenters. The normalized spacial score (nSPS) is 26.0. The molecule has 1 unspecified atom stereocenters. The maximum atomic E-state index is 14.8. The first-order valence-corrected chi connectivity index (χ1v) is 23.9. The van der Waals surface area contributed by atoms with Gasteiger partial charge in [0.1, 0.15) is 47.0 Å². The minimum Gasteiger partial charge on any atom is -0.497 e. The molecule has 4 aliphatic rings. The van der Waals surface area contributed by atoms with Gasteiger partial charge in [-0.3, -0.25) is 9.59 Å². The number of methoxy groups -OCH3 is 1. The molecule has 3 amide bonds. The first kappa shape index (κ1) is 45.0. The Morgan fingerprint density at radius 3 is 2.60 bits per heavy atom. The minimum atomic E-state index is -3.45. The van der Waals surface area contributed by atoms with Gasteiger partial charge in [0.25, 0.3) is 0 Å². The van der Waals surface area contributed by atoms with E-state index in [1.165, 1.54) is 20.5 Å². The van der Waals surface area contributed by atoms with Crippen LogP contribution in [0.15, 0.2) is 41.8 Å². The van der Waals surface area contributed by atoms with Gasteiger partial charge in [-0.15, -0.1) is 11.3 Å². The number of nitrogens with zero attached hydrogens (tertiary/aromatic N) is 4. The highest BCUT2D eigenvalue weighted by Crippen LogP contribution is 2.45. The number of aliphatic carboxylic acids is 1. The van der Waals surface area contributed by atoms with Crippen molar-refractivity contribution in [2.45, 2.75) is 115 Å². The number of amides is 3. The number of benzene rings is 1. The molecule has 62 heavy (non-hydrogen) atoms. The van der Waals surface area contributed by atoms with Crippen LogP contribution in [0.5, 0.6) is 11.5 Å². The van der Waals surface area contributed by atoms with E-state index in [2.05, 4.69) is 16.0 Å². The lowest BCUT2D eigenvalue weighted by molar-refractivity contribution is -0.145. The zero-order valence-electron chi connectivity index (χ0n) is 35.8. The van der Waals surface area contributed by atoms with Crippen LogP contribution in [0, 0.1) is 11.8 Å². The number of pyridine rings is 1.